The molecular weight excluding hydrogens is 226 g/mol. The lowest BCUT2D eigenvalue weighted by atomic mass is 10.1. The summed E-state index contributed by atoms with van der Waals surface area (Å²) in [4.78, 5) is 18.6. The third kappa shape index (κ3) is 2.63. The molecule has 0 unspecified atom stereocenters. The number of aromatic nitrogens is 1. The second-order valence-electron chi connectivity index (χ2n) is 5.18. The predicted molar refractivity (Wildman–Crippen MR) is 70.6 cm³/mol. The van der Waals surface area contributed by atoms with Gasteiger partial charge in [0.25, 0.3) is 5.91 Å². The van der Waals surface area contributed by atoms with Gasteiger partial charge in [0.2, 0.25) is 0 Å². The molecule has 0 spiro atoms. The Labute approximate surface area is 107 Å². The van der Waals surface area contributed by atoms with Crippen molar-refractivity contribution in [1.29, 1.82) is 0 Å². The van der Waals surface area contributed by atoms with Gasteiger partial charge in [-0.2, -0.15) is 0 Å². The van der Waals surface area contributed by atoms with Crippen molar-refractivity contribution < 1.29 is 4.79 Å². The van der Waals surface area contributed by atoms with Crippen LogP contribution in [-0.4, -0.2) is 34.9 Å². The van der Waals surface area contributed by atoms with Crippen molar-refractivity contribution in [2.24, 2.45) is 0 Å². The molecule has 1 saturated carbocycles. The number of carbonyl (C=O) groups is 1. The summed E-state index contributed by atoms with van der Waals surface area (Å²) >= 11 is 0. The van der Waals surface area contributed by atoms with E-state index in [1.54, 1.807) is 0 Å². The fourth-order valence-corrected chi connectivity index (χ4v) is 2.33. The van der Waals surface area contributed by atoms with Gasteiger partial charge in [-0.1, -0.05) is 6.07 Å². The summed E-state index contributed by atoms with van der Waals surface area (Å²) in [5.74, 6) is 0.912. The topological polar surface area (TPSA) is 45.2 Å². The van der Waals surface area contributed by atoms with E-state index < -0.39 is 0 Å². The number of pyridine rings is 1. The quantitative estimate of drug-likeness (QED) is 0.888. The Morgan fingerprint density at radius 3 is 2.72 bits per heavy atom. The van der Waals surface area contributed by atoms with Gasteiger partial charge in [0.05, 0.1) is 0 Å². The smallest absolute Gasteiger partial charge is 0.272 e. The molecule has 1 aromatic heterocycles. The first-order valence-electron chi connectivity index (χ1n) is 6.86. The van der Waals surface area contributed by atoms with E-state index in [0.717, 1.165) is 31.7 Å². The van der Waals surface area contributed by atoms with Crippen LogP contribution in [0.25, 0.3) is 0 Å². The number of hydrogen-bond acceptors (Lipinski definition) is 3. The van der Waals surface area contributed by atoms with Gasteiger partial charge in [-0.15, -0.1) is 0 Å². The first-order valence-corrected chi connectivity index (χ1v) is 6.86. The predicted octanol–water partition coefficient (Wildman–Crippen LogP) is 2.28. The van der Waals surface area contributed by atoms with Crippen LogP contribution < -0.4 is 5.32 Å². The summed E-state index contributed by atoms with van der Waals surface area (Å²) in [5, 5.41) is 3.33. The molecule has 4 nitrogen and oxygen atoms in total. The van der Waals surface area contributed by atoms with Crippen LogP contribution in [0.15, 0.2) is 18.2 Å². The molecule has 1 aliphatic heterocycles. The van der Waals surface area contributed by atoms with Crippen molar-refractivity contribution in [3.05, 3.63) is 23.9 Å². The van der Waals surface area contributed by atoms with E-state index >= 15 is 0 Å². The summed E-state index contributed by atoms with van der Waals surface area (Å²) in [6.07, 6.45) is 5.90. The van der Waals surface area contributed by atoms with Crippen molar-refractivity contribution in [2.75, 3.05) is 18.4 Å². The molecule has 96 valence electrons. The van der Waals surface area contributed by atoms with Crippen LogP contribution >= 0.6 is 0 Å². The molecule has 0 atom stereocenters. The summed E-state index contributed by atoms with van der Waals surface area (Å²) < 4.78 is 0. The van der Waals surface area contributed by atoms with Crippen molar-refractivity contribution in [3.8, 4) is 0 Å². The minimum absolute atomic E-state index is 0.0779. The lowest BCUT2D eigenvalue weighted by Gasteiger charge is -2.26. The zero-order chi connectivity index (χ0) is 12.4. The van der Waals surface area contributed by atoms with Crippen LogP contribution in [0, 0.1) is 0 Å². The van der Waals surface area contributed by atoms with Gasteiger partial charge in [0.1, 0.15) is 11.5 Å². The largest absolute Gasteiger partial charge is 0.367 e. The maximum absolute atomic E-state index is 12.3. The monoisotopic (exact) mass is 245 g/mol. The van der Waals surface area contributed by atoms with Crippen LogP contribution in [0.5, 0.6) is 0 Å². The summed E-state index contributed by atoms with van der Waals surface area (Å²) in [6, 6.07) is 6.23. The molecule has 18 heavy (non-hydrogen) atoms. The molecule has 0 aromatic carbocycles. The van der Waals surface area contributed by atoms with E-state index in [0.29, 0.717) is 11.7 Å². The van der Waals surface area contributed by atoms with E-state index in [4.69, 9.17) is 0 Å². The lowest BCUT2D eigenvalue weighted by Crippen LogP contribution is -2.36. The van der Waals surface area contributed by atoms with Crippen LogP contribution in [0.2, 0.25) is 0 Å². The molecule has 1 saturated heterocycles. The maximum atomic E-state index is 12.3. The summed E-state index contributed by atoms with van der Waals surface area (Å²) in [7, 11) is 0. The second kappa shape index (κ2) is 4.96. The zero-order valence-electron chi connectivity index (χ0n) is 10.6. The highest BCUT2D eigenvalue weighted by atomic mass is 16.2. The second-order valence-corrected chi connectivity index (χ2v) is 5.18. The Hall–Kier alpha value is -1.58. The third-order valence-corrected chi connectivity index (χ3v) is 3.54. The molecule has 4 heteroatoms. The van der Waals surface area contributed by atoms with Crippen molar-refractivity contribution in [3.63, 3.8) is 0 Å². The summed E-state index contributed by atoms with van der Waals surface area (Å²) in [5.41, 5.74) is 0.572. The Morgan fingerprint density at radius 1 is 1.22 bits per heavy atom. The van der Waals surface area contributed by atoms with E-state index in [2.05, 4.69) is 10.3 Å². The third-order valence-electron chi connectivity index (χ3n) is 3.54. The van der Waals surface area contributed by atoms with Crippen LogP contribution in [0.4, 0.5) is 5.82 Å². The number of piperidine rings is 1. The number of hydrogen-bond donors (Lipinski definition) is 1. The first-order chi connectivity index (χ1) is 8.83. The van der Waals surface area contributed by atoms with Crippen LogP contribution in [0.3, 0.4) is 0 Å². The van der Waals surface area contributed by atoms with E-state index in [9.17, 15) is 4.79 Å². The van der Waals surface area contributed by atoms with Gasteiger partial charge < -0.3 is 10.2 Å². The Kier molecular flexibility index (Phi) is 3.17. The molecule has 1 aromatic rings. The molecule has 0 bridgehead atoms. The fourth-order valence-electron chi connectivity index (χ4n) is 2.33. The van der Waals surface area contributed by atoms with E-state index in [1.165, 1.54) is 19.3 Å². The number of rotatable bonds is 3. The number of carbonyl (C=O) groups excluding carboxylic acids is 1. The van der Waals surface area contributed by atoms with Gasteiger partial charge in [0, 0.05) is 19.1 Å². The normalized spacial score (nSPS) is 19.7. The van der Waals surface area contributed by atoms with Crippen molar-refractivity contribution in [1.82, 2.24) is 9.88 Å². The van der Waals surface area contributed by atoms with Crippen molar-refractivity contribution >= 4 is 11.7 Å². The fraction of sp³-hybridized carbons (Fsp3) is 0.571. The Balaban J connectivity index is 1.71. The molecule has 2 heterocycles. The van der Waals surface area contributed by atoms with Gasteiger partial charge >= 0.3 is 0 Å². The SMILES string of the molecule is O=C(c1cccc(NC2CC2)n1)N1CCCCC1. The van der Waals surface area contributed by atoms with Gasteiger partial charge in [0.15, 0.2) is 0 Å². The first kappa shape index (κ1) is 11.5. The molecule has 1 amide bonds. The average Bonchev–Trinajstić information content (AvgIpc) is 3.23. The molecule has 3 rings (SSSR count). The standard InChI is InChI=1S/C14H19N3O/c18-14(17-9-2-1-3-10-17)12-5-4-6-13(16-12)15-11-7-8-11/h4-6,11H,1-3,7-10H2,(H,15,16). The minimum atomic E-state index is 0.0779. The molecular formula is C14H19N3O. The highest BCUT2D eigenvalue weighted by Crippen LogP contribution is 2.23. The van der Waals surface area contributed by atoms with Crippen LogP contribution in [0.1, 0.15) is 42.6 Å². The number of amides is 1. The number of anilines is 1. The van der Waals surface area contributed by atoms with E-state index in [1.807, 2.05) is 23.1 Å². The maximum Gasteiger partial charge on any atom is 0.272 e. The molecule has 0 radical (unpaired) electrons. The van der Waals surface area contributed by atoms with Crippen molar-refractivity contribution in [2.45, 2.75) is 38.1 Å². The Bertz CT molecular complexity index is 436. The van der Waals surface area contributed by atoms with Crippen LogP contribution in [-0.2, 0) is 0 Å². The highest BCUT2D eigenvalue weighted by Gasteiger charge is 2.23. The van der Waals surface area contributed by atoms with Gasteiger partial charge in [-0.3, -0.25) is 4.79 Å². The van der Waals surface area contributed by atoms with E-state index in [-0.39, 0.29) is 5.91 Å². The van der Waals surface area contributed by atoms with Gasteiger partial charge in [-0.05, 0) is 44.2 Å². The Morgan fingerprint density at radius 2 is 2.00 bits per heavy atom. The average molecular weight is 245 g/mol. The number of nitrogens with zero attached hydrogens (tertiary/aromatic N) is 2. The molecule has 1 N–H and O–H groups in total. The highest BCUT2D eigenvalue weighted by molar-refractivity contribution is 5.92. The zero-order valence-corrected chi connectivity index (χ0v) is 10.6. The lowest BCUT2D eigenvalue weighted by molar-refractivity contribution is 0.0718. The number of likely N-dealkylation sites (tertiary alicyclic amines) is 1. The minimum Gasteiger partial charge on any atom is -0.367 e. The molecule has 2 aliphatic rings. The number of nitrogens with one attached hydrogen (secondary N) is 1. The summed E-state index contributed by atoms with van der Waals surface area (Å²) in [6.45, 7) is 1.75. The van der Waals surface area contributed by atoms with Gasteiger partial charge in [-0.25, -0.2) is 4.98 Å². The molecule has 1 aliphatic carbocycles. The molecule has 2 fully saturated rings.